The summed E-state index contributed by atoms with van der Waals surface area (Å²) in [4.78, 5) is 12.2. The molecule has 4 unspecified atom stereocenters. The van der Waals surface area contributed by atoms with Crippen molar-refractivity contribution < 1.29 is 14.3 Å². The maximum Gasteiger partial charge on any atom is 0.254 e. The van der Waals surface area contributed by atoms with Crippen molar-refractivity contribution in [3.05, 3.63) is 34.1 Å². The summed E-state index contributed by atoms with van der Waals surface area (Å²) in [5, 5.41) is 12.4. The summed E-state index contributed by atoms with van der Waals surface area (Å²) in [5.74, 6) is 0.146. The third-order valence-corrected chi connectivity index (χ3v) is 5.27. The predicted octanol–water partition coefficient (Wildman–Crippen LogP) is 2.73. The molecule has 2 aliphatic rings. The van der Waals surface area contributed by atoms with Gasteiger partial charge in [0.05, 0.1) is 5.56 Å². The minimum absolute atomic E-state index is 0.0192. The minimum Gasteiger partial charge on any atom is -0.396 e. The van der Waals surface area contributed by atoms with Crippen molar-refractivity contribution >= 4 is 21.8 Å². The number of fused-ring (bicyclic) bond motifs is 2. The van der Waals surface area contributed by atoms with Gasteiger partial charge in [-0.15, -0.1) is 0 Å². The number of aliphatic hydroxyl groups excluding tert-OH is 1. The van der Waals surface area contributed by atoms with Crippen LogP contribution in [0.4, 0.5) is 4.39 Å². The Hall–Kier alpha value is -0.940. The Kier molecular flexibility index (Phi) is 3.82. The Balaban J connectivity index is 1.75. The molecule has 2 saturated carbocycles. The number of amides is 1. The zero-order valence-electron chi connectivity index (χ0n) is 11.0. The van der Waals surface area contributed by atoms with E-state index in [0.29, 0.717) is 16.3 Å². The van der Waals surface area contributed by atoms with Gasteiger partial charge in [-0.3, -0.25) is 4.79 Å². The van der Waals surface area contributed by atoms with E-state index in [2.05, 4.69) is 21.2 Å². The van der Waals surface area contributed by atoms with Gasteiger partial charge in [0.25, 0.3) is 5.91 Å². The number of rotatable bonds is 3. The van der Waals surface area contributed by atoms with Crippen LogP contribution < -0.4 is 5.32 Å². The van der Waals surface area contributed by atoms with Crippen LogP contribution in [0.3, 0.4) is 0 Å². The van der Waals surface area contributed by atoms with E-state index in [9.17, 15) is 14.3 Å². The van der Waals surface area contributed by atoms with Crippen molar-refractivity contribution in [1.82, 2.24) is 5.32 Å². The van der Waals surface area contributed by atoms with Crippen molar-refractivity contribution in [3.8, 4) is 0 Å². The Morgan fingerprint density at radius 2 is 2.15 bits per heavy atom. The van der Waals surface area contributed by atoms with E-state index in [1.807, 2.05) is 0 Å². The summed E-state index contributed by atoms with van der Waals surface area (Å²) in [6, 6.07) is 4.41. The largest absolute Gasteiger partial charge is 0.396 e. The first-order valence-electron chi connectivity index (χ1n) is 6.97. The number of carbonyl (C=O) groups is 1. The van der Waals surface area contributed by atoms with Gasteiger partial charge in [0.2, 0.25) is 0 Å². The topological polar surface area (TPSA) is 49.3 Å². The minimum atomic E-state index is -0.527. The zero-order chi connectivity index (χ0) is 14.3. The molecule has 0 aliphatic heterocycles. The quantitative estimate of drug-likeness (QED) is 0.888. The molecule has 3 rings (SSSR count). The van der Waals surface area contributed by atoms with Crippen LogP contribution in [0.15, 0.2) is 22.7 Å². The monoisotopic (exact) mass is 341 g/mol. The van der Waals surface area contributed by atoms with Crippen LogP contribution in [0.2, 0.25) is 0 Å². The molecule has 1 aromatic rings. The molecule has 0 radical (unpaired) electrons. The highest BCUT2D eigenvalue weighted by molar-refractivity contribution is 9.10. The zero-order valence-corrected chi connectivity index (χ0v) is 12.6. The van der Waals surface area contributed by atoms with Crippen molar-refractivity contribution in [1.29, 1.82) is 0 Å². The van der Waals surface area contributed by atoms with Gasteiger partial charge in [0.15, 0.2) is 0 Å². The number of benzene rings is 1. The molecule has 108 valence electrons. The van der Waals surface area contributed by atoms with E-state index in [1.54, 1.807) is 6.07 Å². The van der Waals surface area contributed by atoms with E-state index in [0.717, 1.165) is 19.3 Å². The van der Waals surface area contributed by atoms with E-state index in [-0.39, 0.29) is 30.0 Å². The summed E-state index contributed by atoms with van der Waals surface area (Å²) in [7, 11) is 0. The van der Waals surface area contributed by atoms with E-state index in [1.165, 1.54) is 12.1 Å². The fourth-order valence-corrected chi connectivity index (χ4v) is 4.13. The summed E-state index contributed by atoms with van der Waals surface area (Å²) in [5.41, 5.74) is 0.0627. The average molecular weight is 342 g/mol. The molecular weight excluding hydrogens is 325 g/mol. The van der Waals surface area contributed by atoms with E-state index in [4.69, 9.17) is 0 Å². The van der Waals surface area contributed by atoms with Crippen LogP contribution in [-0.2, 0) is 0 Å². The molecule has 1 aromatic carbocycles. The second-order valence-corrected chi connectivity index (χ2v) is 6.72. The molecule has 2 aliphatic carbocycles. The van der Waals surface area contributed by atoms with Gasteiger partial charge < -0.3 is 10.4 Å². The van der Waals surface area contributed by atoms with Crippen LogP contribution in [0.5, 0.6) is 0 Å². The van der Waals surface area contributed by atoms with Gasteiger partial charge in [-0.1, -0.05) is 15.9 Å². The first-order valence-corrected chi connectivity index (χ1v) is 7.76. The molecule has 2 N–H and O–H groups in total. The highest BCUT2D eigenvalue weighted by Crippen LogP contribution is 2.48. The molecule has 4 atom stereocenters. The van der Waals surface area contributed by atoms with Crippen LogP contribution in [0, 0.1) is 23.6 Å². The summed E-state index contributed by atoms with van der Waals surface area (Å²) >= 11 is 3.18. The predicted molar refractivity (Wildman–Crippen MR) is 76.8 cm³/mol. The van der Waals surface area contributed by atoms with Gasteiger partial charge >= 0.3 is 0 Å². The normalized spacial score (nSPS) is 31.6. The highest BCUT2D eigenvalue weighted by Gasteiger charge is 2.47. The lowest BCUT2D eigenvalue weighted by molar-refractivity contribution is 0.0857. The smallest absolute Gasteiger partial charge is 0.254 e. The Bertz CT molecular complexity index is 537. The van der Waals surface area contributed by atoms with E-state index < -0.39 is 5.82 Å². The van der Waals surface area contributed by atoms with Gasteiger partial charge in [0.1, 0.15) is 5.82 Å². The molecule has 5 heteroatoms. The second kappa shape index (κ2) is 5.45. The van der Waals surface area contributed by atoms with Crippen molar-refractivity contribution in [2.24, 2.45) is 17.8 Å². The van der Waals surface area contributed by atoms with Gasteiger partial charge in [-0.25, -0.2) is 4.39 Å². The summed E-state index contributed by atoms with van der Waals surface area (Å²) < 4.78 is 14.4. The van der Waals surface area contributed by atoms with Crippen molar-refractivity contribution in [2.75, 3.05) is 6.61 Å². The molecular formula is C15H17BrFNO2. The molecule has 2 bridgehead atoms. The van der Waals surface area contributed by atoms with Crippen molar-refractivity contribution in [2.45, 2.75) is 25.3 Å². The summed E-state index contributed by atoms with van der Waals surface area (Å²) in [6.07, 6.45) is 3.29. The van der Waals surface area contributed by atoms with Crippen LogP contribution >= 0.6 is 15.9 Å². The van der Waals surface area contributed by atoms with Crippen LogP contribution in [-0.4, -0.2) is 23.7 Å². The maximum absolute atomic E-state index is 13.8. The van der Waals surface area contributed by atoms with Crippen LogP contribution in [0.1, 0.15) is 29.6 Å². The Morgan fingerprint density at radius 1 is 1.40 bits per heavy atom. The Morgan fingerprint density at radius 3 is 2.85 bits per heavy atom. The number of hydrogen-bond acceptors (Lipinski definition) is 2. The number of hydrogen-bond donors (Lipinski definition) is 2. The number of nitrogens with one attached hydrogen (secondary N) is 1. The standard InChI is InChI=1S/C15H17BrFNO2/c16-10-3-4-11(13(17)6-10)15(20)18-14-9-2-1-8(5-9)12(14)7-19/h3-4,6,8-9,12,14,19H,1-2,5,7H2,(H,18,20). The molecule has 1 amide bonds. The maximum atomic E-state index is 13.8. The van der Waals surface area contributed by atoms with Crippen molar-refractivity contribution in [3.63, 3.8) is 0 Å². The Labute approximate surface area is 125 Å². The van der Waals surface area contributed by atoms with Gasteiger partial charge in [-0.2, -0.15) is 0 Å². The fraction of sp³-hybridized carbons (Fsp3) is 0.533. The highest BCUT2D eigenvalue weighted by atomic mass is 79.9. The lowest BCUT2D eigenvalue weighted by Crippen LogP contribution is -2.45. The average Bonchev–Trinajstić information content (AvgIpc) is 2.99. The molecule has 20 heavy (non-hydrogen) atoms. The molecule has 3 nitrogen and oxygen atoms in total. The van der Waals surface area contributed by atoms with Gasteiger partial charge in [-0.05, 0) is 49.3 Å². The second-order valence-electron chi connectivity index (χ2n) is 5.80. The van der Waals surface area contributed by atoms with E-state index >= 15 is 0 Å². The molecule has 0 saturated heterocycles. The SMILES string of the molecule is O=C(NC1C2CCC(C2)C1CO)c1ccc(Br)cc1F. The lowest BCUT2D eigenvalue weighted by atomic mass is 9.85. The third kappa shape index (κ3) is 2.37. The molecule has 0 spiro atoms. The lowest BCUT2D eigenvalue weighted by Gasteiger charge is -2.30. The third-order valence-electron chi connectivity index (χ3n) is 4.77. The first-order chi connectivity index (χ1) is 9.60. The molecule has 0 heterocycles. The molecule has 0 aromatic heterocycles. The molecule has 2 fully saturated rings. The van der Waals surface area contributed by atoms with Gasteiger partial charge in [0, 0.05) is 23.0 Å². The first kappa shape index (κ1) is 14.0. The number of carbonyl (C=O) groups excluding carboxylic acids is 1. The fourth-order valence-electron chi connectivity index (χ4n) is 3.80. The van der Waals surface area contributed by atoms with Crippen LogP contribution in [0.25, 0.3) is 0 Å². The number of aliphatic hydroxyl groups is 1. The number of halogens is 2. The summed E-state index contributed by atoms with van der Waals surface area (Å²) in [6.45, 7) is 0.0922.